The first-order valence-corrected chi connectivity index (χ1v) is 6.72. The summed E-state index contributed by atoms with van der Waals surface area (Å²) >= 11 is 5.90. The molecule has 0 N–H and O–H groups in total. The highest BCUT2D eigenvalue weighted by atomic mass is 35.5. The van der Waals surface area contributed by atoms with E-state index in [1.54, 1.807) is 6.20 Å². The van der Waals surface area contributed by atoms with E-state index in [4.69, 9.17) is 11.6 Å². The van der Waals surface area contributed by atoms with Gasteiger partial charge in [0.05, 0.1) is 17.2 Å². The van der Waals surface area contributed by atoms with Crippen molar-refractivity contribution in [3.05, 3.63) is 53.8 Å². The number of fused-ring (bicyclic) bond motifs is 1. The molecule has 0 radical (unpaired) electrons. The van der Waals surface area contributed by atoms with Crippen LogP contribution in [0.15, 0.2) is 48.7 Å². The van der Waals surface area contributed by atoms with Crippen molar-refractivity contribution in [2.45, 2.75) is 0 Å². The highest BCUT2D eigenvalue weighted by molar-refractivity contribution is 6.29. The van der Waals surface area contributed by atoms with Crippen LogP contribution in [-0.4, -0.2) is 24.1 Å². The van der Waals surface area contributed by atoms with Crippen molar-refractivity contribution >= 4 is 28.3 Å². The minimum absolute atomic E-state index is 0.414. The number of hydrogen-bond acceptors (Lipinski definition) is 3. The van der Waals surface area contributed by atoms with E-state index in [9.17, 15) is 0 Å². The van der Waals surface area contributed by atoms with Gasteiger partial charge in [0, 0.05) is 25.3 Å². The molecule has 3 nitrogen and oxygen atoms in total. The van der Waals surface area contributed by atoms with Gasteiger partial charge in [-0.2, -0.15) is 0 Å². The monoisotopic (exact) mass is 283 g/mol. The van der Waals surface area contributed by atoms with E-state index in [0.29, 0.717) is 5.15 Å². The Morgan fingerprint density at radius 3 is 2.65 bits per heavy atom. The lowest BCUT2D eigenvalue weighted by Crippen LogP contribution is -2.08. The van der Waals surface area contributed by atoms with Crippen LogP contribution in [0.1, 0.15) is 0 Å². The SMILES string of the molecule is CN(C)c1cccc(-c2cccc3nc(Cl)cnc23)c1. The fourth-order valence-electron chi connectivity index (χ4n) is 2.20. The third kappa shape index (κ3) is 2.32. The molecule has 0 aliphatic heterocycles. The van der Waals surface area contributed by atoms with E-state index in [1.807, 2.05) is 32.3 Å². The van der Waals surface area contributed by atoms with Gasteiger partial charge in [-0.15, -0.1) is 0 Å². The third-order valence-corrected chi connectivity index (χ3v) is 3.40. The van der Waals surface area contributed by atoms with Crippen molar-refractivity contribution in [1.82, 2.24) is 9.97 Å². The van der Waals surface area contributed by atoms with Crippen LogP contribution in [0.5, 0.6) is 0 Å². The predicted octanol–water partition coefficient (Wildman–Crippen LogP) is 4.02. The third-order valence-electron chi connectivity index (χ3n) is 3.22. The number of anilines is 1. The molecular weight excluding hydrogens is 270 g/mol. The maximum absolute atomic E-state index is 5.90. The van der Waals surface area contributed by atoms with Gasteiger partial charge >= 0.3 is 0 Å². The van der Waals surface area contributed by atoms with Crippen LogP contribution in [0.4, 0.5) is 5.69 Å². The fourth-order valence-corrected chi connectivity index (χ4v) is 2.34. The zero-order valence-corrected chi connectivity index (χ0v) is 12.1. The summed E-state index contributed by atoms with van der Waals surface area (Å²) in [5, 5.41) is 0.414. The number of para-hydroxylation sites is 1. The molecule has 4 heteroatoms. The summed E-state index contributed by atoms with van der Waals surface area (Å²) in [6.45, 7) is 0. The quantitative estimate of drug-likeness (QED) is 0.711. The molecule has 0 saturated carbocycles. The van der Waals surface area contributed by atoms with Gasteiger partial charge in [0.1, 0.15) is 5.15 Å². The molecule has 3 aromatic rings. The molecule has 0 amide bonds. The summed E-state index contributed by atoms with van der Waals surface area (Å²) < 4.78 is 0. The molecular formula is C16H14ClN3. The molecule has 0 saturated heterocycles. The minimum Gasteiger partial charge on any atom is -0.378 e. The number of rotatable bonds is 2. The van der Waals surface area contributed by atoms with Crippen LogP contribution in [-0.2, 0) is 0 Å². The second-order valence-electron chi connectivity index (χ2n) is 4.81. The highest BCUT2D eigenvalue weighted by Crippen LogP contribution is 2.29. The lowest BCUT2D eigenvalue weighted by Gasteiger charge is -2.14. The Hall–Kier alpha value is -2.13. The van der Waals surface area contributed by atoms with Crippen molar-refractivity contribution < 1.29 is 0 Å². The molecule has 0 aliphatic carbocycles. The number of benzene rings is 2. The number of halogens is 1. The zero-order chi connectivity index (χ0) is 14.1. The summed E-state index contributed by atoms with van der Waals surface area (Å²) in [5.41, 5.74) is 5.02. The number of hydrogen-bond donors (Lipinski definition) is 0. The summed E-state index contributed by atoms with van der Waals surface area (Å²) in [7, 11) is 4.06. The van der Waals surface area contributed by atoms with Crippen LogP contribution in [0.3, 0.4) is 0 Å². The minimum atomic E-state index is 0.414. The fraction of sp³-hybridized carbons (Fsp3) is 0.125. The van der Waals surface area contributed by atoms with Gasteiger partial charge in [-0.05, 0) is 23.8 Å². The van der Waals surface area contributed by atoms with E-state index in [-0.39, 0.29) is 0 Å². The van der Waals surface area contributed by atoms with Crippen molar-refractivity contribution in [3.8, 4) is 11.1 Å². The molecule has 100 valence electrons. The number of nitrogens with zero attached hydrogens (tertiary/aromatic N) is 3. The molecule has 2 aromatic carbocycles. The van der Waals surface area contributed by atoms with E-state index in [2.05, 4.69) is 39.1 Å². The molecule has 0 spiro atoms. The summed E-state index contributed by atoms with van der Waals surface area (Å²) in [6, 6.07) is 14.3. The van der Waals surface area contributed by atoms with Crippen LogP contribution in [0.25, 0.3) is 22.2 Å². The first kappa shape index (κ1) is 12.9. The van der Waals surface area contributed by atoms with Gasteiger partial charge in [-0.25, -0.2) is 4.98 Å². The Labute approximate surface area is 122 Å². The summed E-state index contributed by atoms with van der Waals surface area (Å²) in [4.78, 5) is 10.8. The van der Waals surface area contributed by atoms with E-state index in [0.717, 1.165) is 27.8 Å². The molecule has 0 aliphatic rings. The summed E-state index contributed by atoms with van der Waals surface area (Å²) in [5.74, 6) is 0. The van der Waals surface area contributed by atoms with Crippen molar-refractivity contribution in [3.63, 3.8) is 0 Å². The maximum Gasteiger partial charge on any atom is 0.148 e. The first-order chi connectivity index (χ1) is 9.65. The maximum atomic E-state index is 5.90. The number of aromatic nitrogens is 2. The molecule has 0 fully saturated rings. The van der Waals surface area contributed by atoms with Crippen molar-refractivity contribution in [2.24, 2.45) is 0 Å². The van der Waals surface area contributed by atoms with Crippen molar-refractivity contribution in [2.75, 3.05) is 19.0 Å². The van der Waals surface area contributed by atoms with E-state index in [1.165, 1.54) is 0 Å². The van der Waals surface area contributed by atoms with Gasteiger partial charge in [-0.3, -0.25) is 4.98 Å². The molecule has 1 aromatic heterocycles. The first-order valence-electron chi connectivity index (χ1n) is 6.34. The van der Waals surface area contributed by atoms with Gasteiger partial charge in [-0.1, -0.05) is 35.9 Å². The topological polar surface area (TPSA) is 29.0 Å². The van der Waals surface area contributed by atoms with Crippen LogP contribution in [0.2, 0.25) is 5.15 Å². The zero-order valence-electron chi connectivity index (χ0n) is 11.3. The highest BCUT2D eigenvalue weighted by Gasteiger charge is 2.07. The van der Waals surface area contributed by atoms with Crippen LogP contribution in [0, 0.1) is 0 Å². The lowest BCUT2D eigenvalue weighted by atomic mass is 10.0. The Morgan fingerprint density at radius 1 is 1.05 bits per heavy atom. The van der Waals surface area contributed by atoms with E-state index >= 15 is 0 Å². The molecule has 1 heterocycles. The Morgan fingerprint density at radius 2 is 1.85 bits per heavy atom. The second kappa shape index (κ2) is 5.10. The van der Waals surface area contributed by atoms with E-state index < -0.39 is 0 Å². The molecule has 3 rings (SSSR count). The van der Waals surface area contributed by atoms with Gasteiger partial charge in [0.15, 0.2) is 0 Å². The molecule has 0 atom stereocenters. The Bertz CT molecular complexity index is 769. The smallest absolute Gasteiger partial charge is 0.148 e. The average Bonchev–Trinajstić information content (AvgIpc) is 2.46. The largest absolute Gasteiger partial charge is 0.378 e. The van der Waals surface area contributed by atoms with Crippen LogP contribution >= 0.6 is 11.6 Å². The standard InChI is InChI=1S/C16H14ClN3/c1-20(2)12-6-3-5-11(9-12)13-7-4-8-14-16(13)18-10-15(17)19-14/h3-10H,1-2H3. The molecule has 0 bridgehead atoms. The Balaban J connectivity index is 2.21. The summed E-state index contributed by atoms with van der Waals surface area (Å²) in [6.07, 6.45) is 1.59. The van der Waals surface area contributed by atoms with Crippen LogP contribution < -0.4 is 4.90 Å². The molecule has 20 heavy (non-hydrogen) atoms. The van der Waals surface area contributed by atoms with Gasteiger partial charge < -0.3 is 4.90 Å². The second-order valence-corrected chi connectivity index (χ2v) is 5.20. The lowest BCUT2D eigenvalue weighted by molar-refractivity contribution is 1.13. The van der Waals surface area contributed by atoms with Gasteiger partial charge in [0.2, 0.25) is 0 Å². The average molecular weight is 284 g/mol. The normalized spacial score (nSPS) is 10.8. The van der Waals surface area contributed by atoms with Gasteiger partial charge in [0.25, 0.3) is 0 Å². The molecule has 0 unspecified atom stereocenters. The van der Waals surface area contributed by atoms with Crippen molar-refractivity contribution in [1.29, 1.82) is 0 Å². The Kier molecular flexibility index (Phi) is 3.28. The predicted molar refractivity (Wildman–Crippen MR) is 84.3 cm³/mol.